The fourth-order valence-corrected chi connectivity index (χ4v) is 9.79. The van der Waals surface area contributed by atoms with Gasteiger partial charge in [-0.1, -0.05) is 20.3 Å². The van der Waals surface area contributed by atoms with Crippen molar-refractivity contribution >= 4 is 17.5 Å². The summed E-state index contributed by atoms with van der Waals surface area (Å²) in [5.41, 5.74) is 9.92. The number of aliphatic imine (C=N–C) groups is 1. The largest absolute Gasteiger partial charge is 0.394 e. The number of methoxy groups -OCH3 is 1. The van der Waals surface area contributed by atoms with Crippen LogP contribution in [0.1, 0.15) is 58.8 Å². The fraction of sp³-hybridized carbons (Fsp3) is 0.912. The summed E-state index contributed by atoms with van der Waals surface area (Å²) in [7, 11) is 3.09. The zero-order valence-corrected chi connectivity index (χ0v) is 29.2. The van der Waals surface area contributed by atoms with E-state index in [4.69, 9.17) is 25.7 Å². The van der Waals surface area contributed by atoms with E-state index >= 15 is 0 Å². The topological polar surface area (TPSA) is 251 Å². The number of carbonyl (C=O) groups excluding carboxylic acids is 2. The molecular weight excluding hydrogens is 638 g/mol. The van der Waals surface area contributed by atoms with Crippen molar-refractivity contribution in [2.45, 2.75) is 113 Å². The minimum atomic E-state index is -1.97. The lowest BCUT2D eigenvalue weighted by molar-refractivity contribution is -0.347. The molecule has 5 aliphatic rings. The number of piperidine rings is 1. The van der Waals surface area contributed by atoms with Gasteiger partial charge in [-0.2, -0.15) is 0 Å². The Labute approximate surface area is 288 Å². The van der Waals surface area contributed by atoms with Crippen LogP contribution in [0.2, 0.25) is 0 Å². The van der Waals surface area contributed by atoms with Crippen LogP contribution in [0.3, 0.4) is 0 Å². The molecule has 11 N–H and O–H groups in total. The van der Waals surface area contributed by atoms with E-state index in [2.05, 4.69) is 15.6 Å². The summed E-state index contributed by atoms with van der Waals surface area (Å²) >= 11 is 0. The molecule has 3 saturated carbocycles. The molecule has 2 heterocycles. The molecule has 0 aromatic carbocycles. The van der Waals surface area contributed by atoms with Gasteiger partial charge in [0.25, 0.3) is 0 Å². The van der Waals surface area contributed by atoms with Crippen LogP contribution in [-0.2, 0) is 23.8 Å². The third-order valence-electron chi connectivity index (χ3n) is 12.6. The first-order valence-corrected chi connectivity index (χ1v) is 18.0. The number of Topliss-reactive ketones (excluding diaryl/α,β-unsaturated/α-hetero) is 2. The van der Waals surface area contributed by atoms with Gasteiger partial charge in [-0.25, -0.2) is 0 Å². The first-order valence-electron chi connectivity index (χ1n) is 18.0. The molecule has 2 saturated heterocycles. The number of hydrogen-bond donors (Lipinski definition) is 9. The van der Waals surface area contributed by atoms with E-state index in [0.717, 1.165) is 13.0 Å². The number of nitrogens with two attached hydrogens (primary N) is 2. The molecule has 2 aliphatic heterocycles. The summed E-state index contributed by atoms with van der Waals surface area (Å²) in [4.78, 5) is 32.9. The number of aliphatic hydroxyl groups excluding tert-OH is 4. The van der Waals surface area contributed by atoms with E-state index in [1.807, 2.05) is 13.8 Å². The zero-order chi connectivity index (χ0) is 35.8. The van der Waals surface area contributed by atoms with Crippen LogP contribution in [0.4, 0.5) is 0 Å². The van der Waals surface area contributed by atoms with Gasteiger partial charge in [-0.05, 0) is 56.4 Å². The van der Waals surface area contributed by atoms with Crippen LogP contribution in [0, 0.1) is 47.3 Å². The van der Waals surface area contributed by atoms with Gasteiger partial charge in [-0.15, -0.1) is 0 Å². The van der Waals surface area contributed by atoms with Crippen molar-refractivity contribution in [3.8, 4) is 0 Å². The zero-order valence-electron chi connectivity index (χ0n) is 29.2. The van der Waals surface area contributed by atoms with Crippen LogP contribution in [0.25, 0.3) is 0 Å². The normalized spacial score (nSPS) is 47.8. The van der Waals surface area contributed by atoms with Gasteiger partial charge < -0.3 is 61.8 Å². The van der Waals surface area contributed by atoms with Gasteiger partial charge in [0.05, 0.1) is 42.9 Å². The Hall–Kier alpha value is -1.79. The molecule has 15 heteroatoms. The van der Waals surface area contributed by atoms with E-state index in [1.54, 1.807) is 14.2 Å². The highest BCUT2D eigenvalue weighted by Gasteiger charge is 2.63. The molecule has 12 unspecified atom stereocenters. The third kappa shape index (κ3) is 7.30. The second kappa shape index (κ2) is 15.8. The maximum atomic E-state index is 14.6. The molecule has 17 atom stereocenters. The van der Waals surface area contributed by atoms with Crippen molar-refractivity contribution in [1.82, 2.24) is 10.6 Å². The van der Waals surface area contributed by atoms with Crippen molar-refractivity contribution in [3.63, 3.8) is 0 Å². The lowest BCUT2D eigenvalue weighted by Crippen LogP contribution is -2.69. The van der Waals surface area contributed by atoms with Crippen molar-refractivity contribution in [2.24, 2.45) is 63.8 Å². The van der Waals surface area contributed by atoms with Crippen molar-refractivity contribution in [2.75, 3.05) is 33.9 Å². The molecule has 0 amide bonds. The van der Waals surface area contributed by atoms with E-state index in [1.165, 1.54) is 0 Å². The Morgan fingerprint density at radius 2 is 1.82 bits per heavy atom. The first-order chi connectivity index (χ1) is 23.3. The molecule has 15 nitrogen and oxygen atoms in total. The SMILES string of the molecule is CCC1C(OC)CC(O[C@H]2O[C@H](CO)[C@](O)(CCC3CCNC(N)C3)[C@H](O)[C@H]2O)C2C(=O)C3C(CC(C)C(CNC(N)=NC)C3O)C(=O)C12. The minimum Gasteiger partial charge on any atom is -0.394 e. The summed E-state index contributed by atoms with van der Waals surface area (Å²) in [5, 5.41) is 62.4. The average Bonchev–Trinajstić information content (AvgIpc) is 3.08. The molecule has 5 rings (SSSR count). The number of nitrogens with one attached hydrogen (secondary N) is 2. The van der Waals surface area contributed by atoms with Crippen LogP contribution < -0.4 is 22.1 Å². The molecule has 0 radical (unpaired) electrons. The second-order valence-electron chi connectivity index (χ2n) is 15.2. The highest BCUT2D eigenvalue weighted by atomic mass is 16.7. The molecule has 3 aliphatic carbocycles. The number of fused-ring (bicyclic) bond motifs is 2. The lowest BCUT2D eigenvalue weighted by Gasteiger charge is -2.55. The molecule has 49 heavy (non-hydrogen) atoms. The fourth-order valence-electron chi connectivity index (χ4n) is 9.79. The summed E-state index contributed by atoms with van der Waals surface area (Å²) < 4.78 is 18.2. The highest BCUT2D eigenvalue weighted by Crippen LogP contribution is 2.53. The predicted octanol–water partition coefficient (Wildman–Crippen LogP) is -1.78. The van der Waals surface area contributed by atoms with Crippen LogP contribution >= 0.6 is 0 Å². The van der Waals surface area contributed by atoms with Gasteiger partial charge >= 0.3 is 0 Å². The van der Waals surface area contributed by atoms with Crippen LogP contribution in [-0.4, -0.2) is 132 Å². The molecule has 0 aromatic rings. The minimum absolute atomic E-state index is 0.0523. The number of aliphatic hydroxyl groups is 5. The van der Waals surface area contributed by atoms with Crippen LogP contribution in [0.5, 0.6) is 0 Å². The first kappa shape index (κ1) is 38.4. The van der Waals surface area contributed by atoms with Gasteiger partial charge in [0.2, 0.25) is 0 Å². The summed E-state index contributed by atoms with van der Waals surface area (Å²) in [6.07, 6.45) is -5.71. The number of nitrogens with zero attached hydrogens (tertiary/aromatic N) is 1. The summed E-state index contributed by atoms with van der Waals surface area (Å²) in [6, 6.07) is 0. The standard InChI is InChI=1S/C34H59N5O10/c1-5-17-20(47-4)12-21(26-24(17)27(41)18-10-15(2)19(13-39-33(36)37-3)28(42)25(18)29(26)43)48-32-30(44)31(45)34(46,22(14-40)49-32)8-6-16-7-9-38-23(35)11-16/h15-26,28,30-32,38,40,42,44-46H,5-14,35H2,1-4H3,(H3,36,37,39)/t15?,16?,17?,18?,19?,20?,21?,22-,23?,24?,25?,26?,28?,30-,31-,32+,34-/m1/s1. The maximum absolute atomic E-state index is 14.6. The van der Waals surface area contributed by atoms with Gasteiger partial charge in [-0.3, -0.25) is 14.6 Å². The molecule has 0 spiro atoms. The molecule has 280 valence electrons. The summed E-state index contributed by atoms with van der Waals surface area (Å²) in [6.45, 7) is 4.27. The maximum Gasteiger partial charge on any atom is 0.188 e. The number of guanidine groups is 1. The number of carbonyl (C=O) groups is 2. The molecular formula is C34H59N5O10. The Balaban J connectivity index is 1.38. The Bertz CT molecular complexity index is 1190. The van der Waals surface area contributed by atoms with E-state index in [-0.39, 0.29) is 66.7 Å². The van der Waals surface area contributed by atoms with Crippen molar-refractivity contribution in [1.29, 1.82) is 0 Å². The lowest BCUT2D eigenvalue weighted by atomic mass is 9.51. The van der Waals surface area contributed by atoms with E-state index in [0.29, 0.717) is 25.7 Å². The number of ether oxygens (including phenoxy) is 3. The number of ketones is 2. The highest BCUT2D eigenvalue weighted by molar-refractivity contribution is 6.00. The van der Waals surface area contributed by atoms with Crippen LogP contribution in [0.15, 0.2) is 4.99 Å². The van der Waals surface area contributed by atoms with Crippen molar-refractivity contribution < 1.29 is 49.3 Å². The monoisotopic (exact) mass is 697 g/mol. The predicted molar refractivity (Wildman–Crippen MR) is 178 cm³/mol. The Morgan fingerprint density at radius 3 is 2.45 bits per heavy atom. The molecule has 5 fully saturated rings. The Morgan fingerprint density at radius 1 is 1.08 bits per heavy atom. The second-order valence-corrected chi connectivity index (χ2v) is 15.2. The quantitative estimate of drug-likeness (QED) is 0.0905. The third-order valence-corrected chi connectivity index (χ3v) is 12.6. The van der Waals surface area contributed by atoms with Gasteiger partial charge in [0, 0.05) is 44.9 Å². The number of rotatable bonds is 10. The average molecular weight is 698 g/mol. The molecule has 0 aromatic heterocycles. The summed E-state index contributed by atoms with van der Waals surface area (Å²) in [5.74, 6) is -4.05. The molecule has 0 bridgehead atoms. The van der Waals surface area contributed by atoms with Gasteiger partial charge in [0.15, 0.2) is 12.2 Å². The smallest absolute Gasteiger partial charge is 0.188 e. The van der Waals surface area contributed by atoms with E-state index in [9.17, 15) is 35.1 Å². The van der Waals surface area contributed by atoms with E-state index < -0.39 is 78.8 Å². The number of hydrogen-bond acceptors (Lipinski definition) is 13. The Kier molecular flexibility index (Phi) is 12.4. The van der Waals surface area contributed by atoms with Crippen molar-refractivity contribution in [3.05, 3.63) is 0 Å². The van der Waals surface area contributed by atoms with Gasteiger partial charge in [0.1, 0.15) is 35.5 Å².